The number of amides is 3. The van der Waals surface area contributed by atoms with Crippen molar-refractivity contribution >= 4 is 40.6 Å². The molecule has 166 valence electrons. The highest BCUT2D eigenvalue weighted by Crippen LogP contribution is 2.22. The number of nitrogens with one attached hydrogen (secondary N) is 3. The molecule has 3 aromatic rings. The monoisotopic (exact) mass is 433 g/mol. The minimum absolute atomic E-state index is 0.265. The van der Waals surface area contributed by atoms with Crippen LogP contribution in [0.1, 0.15) is 15.9 Å². The first-order valence-electron chi connectivity index (χ1n) is 10.0. The predicted octanol–water partition coefficient (Wildman–Crippen LogP) is 3.81. The molecule has 0 saturated heterocycles. The number of carbonyl (C=O) groups is 2. The van der Waals surface area contributed by atoms with Gasteiger partial charge in [0.05, 0.1) is 0 Å². The van der Waals surface area contributed by atoms with E-state index in [1.807, 2.05) is 50.2 Å². The van der Waals surface area contributed by atoms with Gasteiger partial charge in [-0.3, -0.25) is 9.69 Å². The topological polar surface area (TPSA) is 102 Å². The van der Waals surface area contributed by atoms with E-state index < -0.39 is 0 Å². The van der Waals surface area contributed by atoms with E-state index in [1.54, 1.807) is 38.4 Å². The molecule has 9 nitrogen and oxygen atoms in total. The second kappa shape index (κ2) is 9.78. The minimum Gasteiger partial charge on any atom is -0.378 e. The molecule has 0 bridgehead atoms. The van der Waals surface area contributed by atoms with Gasteiger partial charge < -0.3 is 20.9 Å². The molecule has 3 rings (SSSR count). The second-order valence-corrected chi connectivity index (χ2v) is 7.43. The normalized spacial score (nSPS) is 10.3. The molecule has 0 aliphatic rings. The van der Waals surface area contributed by atoms with Crippen molar-refractivity contribution in [2.75, 3.05) is 53.9 Å². The van der Waals surface area contributed by atoms with Crippen LogP contribution in [0.25, 0.3) is 0 Å². The molecule has 0 fully saturated rings. The number of anilines is 5. The van der Waals surface area contributed by atoms with Crippen molar-refractivity contribution in [1.29, 1.82) is 0 Å². The average Bonchev–Trinajstić information content (AvgIpc) is 2.80. The Morgan fingerprint density at radius 2 is 1.72 bits per heavy atom. The van der Waals surface area contributed by atoms with Crippen LogP contribution in [0.4, 0.5) is 33.5 Å². The molecule has 32 heavy (non-hydrogen) atoms. The molecule has 9 heteroatoms. The molecular formula is C23H27N7O2. The molecule has 0 saturated carbocycles. The number of aromatic nitrogens is 2. The van der Waals surface area contributed by atoms with Gasteiger partial charge in [0.1, 0.15) is 18.0 Å². The van der Waals surface area contributed by atoms with Crippen molar-refractivity contribution < 1.29 is 9.59 Å². The lowest BCUT2D eigenvalue weighted by atomic mass is 10.1. The molecule has 3 N–H and O–H groups in total. The van der Waals surface area contributed by atoms with Gasteiger partial charge in [-0.15, -0.1) is 0 Å². The molecule has 3 amide bonds. The molecular weight excluding hydrogens is 406 g/mol. The Bertz CT molecular complexity index is 1130. The number of carbonyl (C=O) groups excluding carboxylic acids is 2. The number of hydrogen-bond acceptors (Lipinski definition) is 6. The second-order valence-electron chi connectivity index (χ2n) is 7.43. The molecule has 0 radical (unpaired) electrons. The highest BCUT2D eigenvalue weighted by atomic mass is 16.2. The van der Waals surface area contributed by atoms with Gasteiger partial charge in [-0.25, -0.2) is 14.8 Å². The predicted molar refractivity (Wildman–Crippen MR) is 129 cm³/mol. The number of urea groups is 1. The summed E-state index contributed by atoms with van der Waals surface area (Å²) in [5.41, 5.74) is 3.48. The van der Waals surface area contributed by atoms with Crippen LogP contribution in [0.15, 0.2) is 54.9 Å². The van der Waals surface area contributed by atoms with Gasteiger partial charge in [-0.05, 0) is 42.8 Å². The first-order chi connectivity index (χ1) is 15.3. The van der Waals surface area contributed by atoms with Gasteiger partial charge in [0, 0.05) is 56.9 Å². The molecule has 0 aliphatic heterocycles. The zero-order valence-electron chi connectivity index (χ0n) is 18.8. The fourth-order valence-electron chi connectivity index (χ4n) is 2.93. The Labute approximate surface area is 187 Å². The number of nitrogens with zero attached hydrogens (tertiary/aromatic N) is 4. The van der Waals surface area contributed by atoms with Crippen molar-refractivity contribution in [3.63, 3.8) is 0 Å². The van der Waals surface area contributed by atoms with Gasteiger partial charge >= 0.3 is 6.03 Å². The quantitative estimate of drug-likeness (QED) is 0.546. The number of rotatable bonds is 6. The van der Waals surface area contributed by atoms with Crippen LogP contribution in [0.5, 0.6) is 0 Å². The molecule has 0 atom stereocenters. The smallest absolute Gasteiger partial charge is 0.327 e. The summed E-state index contributed by atoms with van der Waals surface area (Å²) in [6, 6.07) is 14.0. The Morgan fingerprint density at radius 3 is 2.44 bits per heavy atom. The lowest BCUT2D eigenvalue weighted by Crippen LogP contribution is -2.32. The zero-order chi connectivity index (χ0) is 23.3. The van der Waals surface area contributed by atoms with Gasteiger partial charge in [0.15, 0.2) is 0 Å². The van der Waals surface area contributed by atoms with Gasteiger partial charge in [-0.2, -0.15) is 0 Å². The lowest BCUT2D eigenvalue weighted by molar-refractivity contribution is 0.102. The SMILES string of the molecule is CNc1cc(N(C)C(=O)Nc2cc(C(=O)Nc3cccc(N(C)C)c3)ccc2C)ncn1. The Morgan fingerprint density at radius 1 is 0.938 bits per heavy atom. The third kappa shape index (κ3) is 5.31. The lowest BCUT2D eigenvalue weighted by Gasteiger charge is -2.19. The molecule has 2 aromatic carbocycles. The molecule has 1 heterocycles. The maximum atomic E-state index is 12.8. The largest absolute Gasteiger partial charge is 0.378 e. The Balaban J connectivity index is 1.75. The van der Waals surface area contributed by atoms with Crippen LogP contribution in [0.2, 0.25) is 0 Å². The van der Waals surface area contributed by atoms with Crippen LogP contribution in [0.3, 0.4) is 0 Å². The molecule has 0 unspecified atom stereocenters. The third-order valence-electron chi connectivity index (χ3n) is 4.92. The van der Waals surface area contributed by atoms with E-state index in [1.165, 1.54) is 11.2 Å². The van der Waals surface area contributed by atoms with Crippen LogP contribution in [0, 0.1) is 6.92 Å². The maximum Gasteiger partial charge on any atom is 0.327 e. The van der Waals surface area contributed by atoms with Crippen LogP contribution in [-0.4, -0.2) is 50.1 Å². The van der Waals surface area contributed by atoms with Gasteiger partial charge in [0.25, 0.3) is 5.91 Å². The summed E-state index contributed by atoms with van der Waals surface area (Å²) < 4.78 is 0. The average molecular weight is 434 g/mol. The summed E-state index contributed by atoms with van der Waals surface area (Å²) >= 11 is 0. The van der Waals surface area contributed by atoms with Crippen molar-refractivity contribution in [3.8, 4) is 0 Å². The van der Waals surface area contributed by atoms with Crippen LogP contribution < -0.4 is 25.8 Å². The summed E-state index contributed by atoms with van der Waals surface area (Å²) in [6.45, 7) is 1.86. The molecule has 1 aromatic heterocycles. The van der Waals surface area contributed by atoms with Crippen molar-refractivity contribution in [3.05, 3.63) is 66.0 Å². The Hall–Kier alpha value is -4.14. The van der Waals surface area contributed by atoms with E-state index in [4.69, 9.17) is 0 Å². The molecule has 0 aliphatic carbocycles. The summed E-state index contributed by atoms with van der Waals surface area (Å²) in [6.07, 6.45) is 1.38. The minimum atomic E-state index is -0.384. The summed E-state index contributed by atoms with van der Waals surface area (Å²) in [5.74, 6) is 0.774. The van der Waals surface area contributed by atoms with Gasteiger partial charge in [0.2, 0.25) is 0 Å². The highest BCUT2D eigenvalue weighted by molar-refractivity contribution is 6.06. The maximum absolute atomic E-state index is 12.8. The van der Waals surface area contributed by atoms with Crippen LogP contribution >= 0.6 is 0 Å². The third-order valence-corrected chi connectivity index (χ3v) is 4.92. The first kappa shape index (κ1) is 22.5. The number of benzene rings is 2. The van der Waals surface area contributed by atoms with E-state index in [9.17, 15) is 9.59 Å². The van der Waals surface area contributed by atoms with E-state index in [-0.39, 0.29) is 11.9 Å². The first-order valence-corrected chi connectivity index (χ1v) is 10.0. The highest BCUT2D eigenvalue weighted by Gasteiger charge is 2.16. The van der Waals surface area contributed by atoms with Crippen molar-refractivity contribution in [2.24, 2.45) is 0 Å². The summed E-state index contributed by atoms with van der Waals surface area (Å²) in [5, 5.41) is 8.66. The fourth-order valence-corrected chi connectivity index (χ4v) is 2.93. The van der Waals surface area contributed by atoms with E-state index in [0.717, 1.165) is 11.3 Å². The zero-order valence-corrected chi connectivity index (χ0v) is 18.8. The number of hydrogen-bond donors (Lipinski definition) is 3. The fraction of sp³-hybridized carbons (Fsp3) is 0.217. The molecule has 0 spiro atoms. The van der Waals surface area contributed by atoms with E-state index >= 15 is 0 Å². The summed E-state index contributed by atoms with van der Waals surface area (Å²) in [4.78, 5) is 37.1. The standard InChI is InChI=1S/C23H27N7O2/c1-15-9-10-16(22(31)27-17-7-6-8-18(12-17)29(3)4)11-19(15)28-23(32)30(5)21-13-20(24-2)25-14-26-21/h6-14H,1-5H3,(H,27,31)(H,28,32)(H,24,25,26). The van der Waals surface area contributed by atoms with Crippen molar-refractivity contribution in [2.45, 2.75) is 6.92 Å². The van der Waals surface area contributed by atoms with Gasteiger partial charge in [-0.1, -0.05) is 12.1 Å². The van der Waals surface area contributed by atoms with Crippen molar-refractivity contribution in [1.82, 2.24) is 9.97 Å². The van der Waals surface area contributed by atoms with Crippen LogP contribution in [-0.2, 0) is 0 Å². The summed E-state index contributed by atoms with van der Waals surface area (Å²) in [7, 11) is 7.23. The Kier molecular flexibility index (Phi) is 6.89. The van der Waals surface area contributed by atoms with E-state index in [0.29, 0.717) is 28.6 Å². The number of aryl methyl sites for hydroxylation is 1. The van der Waals surface area contributed by atoms with E-state index in [2.05, 4.69) is 25.9 Å².